The van der Waals surface area contributed by atoms with Crippen molar-refractivity contribution in [3.63, 3.8) is 0 Å². The second-order valence-corrected chi connectivity index (χ2v) is 9.18. The fourth-order valence-electron chi connectivity index (χ4n) is 4.53. The standard InChI is InChI=1S/C23H28N2O4/c1-23(2,3)16-9-10-19-17(12-16)20(24-29-19)21(26)25-13-15-8-6-5-7-14(15)11-18(25)22(27)28-4/h5-8,16,18H,9-13H2,1-4H3. The van der Waals surface area contributed by atoms with Crippen LogP contribution in [0.25, 0.3) is 0 Å². The maximum absolute atomic E-state index is 13.5. The Morgan fingerprint density at radius 2 is 1.90 bits per heavy atom. The highest BCUT2D eigenvalue weighted by Crippen LogP contribution is 2.39. The molecule has 154 valence electrons. The number of fused-ring (bicyclic) bond motifs is 2. The molecular weight excluding hydrogens is 368 g/mol. The molecule has 6 heteroatoms. The molecule has 0 saturated carbocycles. The van der Waals surface area contributed by atoms with Crippen LogP contribution in [0.4, 0.5) is 0 Å². The van der Waals surface area contributed by atoms with Crippen molar-refractivity contribution in [1.82, 2.24) is 10.1 Å². The van der Waals surface area contributed by atoms with Crippen LogP contribution in [0.15, 0.2) is 28.8 Å². The summed E-state index contributed by atoms with van der Waals surface area (Å²) in [4.78, 5) is 27.6. The van der Waals surface area contributed by atoms with Gasteiger partial charge in [-0.05, 0) is 35.3 Å². The van der Waals surface area contributed by atoms with Crippen molar-refractivity contribution in [1.29, 1.82) is 0 Å². The third kappa shape index (κ3) is 3.56. The molecule has 0 spiro atoms. The smallest absolute Gasteiger partial charge is 0.328 e. The molecule has 2 heterocycles. The Morgan fingerprint density at radius 3 is 2.59 bits per heavy atom. The molecule has 0 N–H and O–H groups in total. The van der Waals surface area contributed by atoms with Gasteiger partial charge in [-0.3, -0.25) is 4.79 Å². The first kappa shape index (κ1) is 19.7. The van der Waals surface area contributed by atoms with Crippen molar-refractivity contribution in [2.24, 2.45) is 11.3 Å². The first-order valence-electron chi connectivity index (χ1n) is 10.2. The Morgan fingerprint density at radius 1 is 1.17 bits per heavy atom. The van der Waals surface area contributed by atoms with E-state index in [-0.39, 0.29) is 11.3 Å². The van der Waals surface area contributed by atoms with Crippen molar-refractivity contribution in [3.05, 3.63) is 52.4 Å². The summed E-state index contributed by atoms with van der Waals surface area (Å²) in [5, 5.41) is 4.15. The summed E-state index contributed by atoms with van der Waals surface area (Å²) in [5.74, 6) is 0.604. The van der Waals surface area contributed by atoms with E-state index < -0.39 is 12.0 Å². The lowest BCUT2D eigenvalue weighted by Gasteiger charge is -2.35. The normalized spacial score (nSPS) is 21.3. The van der Waals surface area contributed by atoms with Gasteiger partial charge in [0.1, 0.15) is 11.8 Å². The number of rotatable bonds is 2. The predicted molar refractivity (Wildman–Crippen MR) is 107 cm³/mol. The summed E-state index contributed by atoms with van der Waals surface area (Å²) in [6.07, 6.45) is 3.04. The van der Waals surface area contributed by atoms with Crippen LogP contribution in [0.1, 0.15) is 60.1 Å². The number of hydrogen-bond donors (Lipinski definition) is 0. The number of aromatic nitrogens is 1. The average Bonchev–Trinajstić information content (AvgIpc) is 3.14. The molecule has 0 radical (unpaired) electrons. The molecule has 1 aromatic carbocycles. The molecule has 1 aromatic heterocycles. The molecule has 2 unspecified atom stereocenters. The highest BCUT2D eigenvalue weighted by Gasteiger charge is 2.40. The van der Waals surface area contributed by atoms with Crippen LogP contribution in [0.3, 0.4) is 0 Å². The van der Waals surface area contributed by atoms with Crippen molar-refractivity contribution >= 4 is 11.9 Å². The predicted octanol–water partition coefficient (Wildman–Crippen LogP) is 3.57. The lowest BCUT2D eigenvalue weighted by Crippen LogP contribution is -2.49. The second kappa shape index (κ2) is 7.32. The molecule has 1 aliphatic carbocycles. The van der Waals surface area contributed by atoms with E-state index in [1.165, 1.54) is 7.11 Å². The maximum atomic E-state index is 13.5. The van der Waals surface area contributed by atoms with Gasteiger partial charge in [-0.2, -0.15) is 0 Å². The number of amides is 1. The second-order valence-electron chi connectivity index (χ2n) is 9.18. The van der Waals surface area contributed by atoms with Gasteiger partial charge in [-0.25, -0.2) is 4.79 Å². The number of ether oxygens (including phenoxy) is 1. The van der Waals surface area contributed by atoms with Crippen LogP contribution in [0.5, 0.6) is 0 Å². The number of methoxy groups -OCH3 is 1. The Balaban J connectivity index is 1.67. The molecule has 6 nitrogen and oxygen atoms in total. The van der Waals surface area contributed by atoms with Crippen LogP contribution in [-0.2, 0) is 35.3 Å². The maximum Gasteiger partial charge on any atom is 0.328 e. The fraction of sp³-hybridized carbons (Fsp3) is 0.522. The van der Waals surface area contributed by atoms with Crippen LogP contribution in [0.2, 0.25) is 0 Å². The Hall–Kier alpha value is -2.63. The van der Waals surface area contributed by atoms with E-state index in [1.54, 1.807) is 4.90 Å². The van der Waals surface area contributed by atoms with Gasteiger partial charge >= 0.3 is 5.97 Å². The number of nitrogens with zero attached hydrogens (tertiary/aromatic N) is 2. The zero-order valence-electron chi connectivity index (χ0n) is 17.5. The van der Waals surface area contributed by atoms with Crippen LogP contribution >= 0.6 is 0 Å². The van der Waals surface area contributed by atoms with Crippen LogP contribution in [0, 0.1) is 11.3 Å². The number of aryl methyl sites for hydroxylation is 1. The van der Waals surface area contributed by atoms with E-state index >= 15 is 0 Å². The molecule has 0 fully saturated rings. The van der Waals surface area contributed by atoms with E-state index in [4.69, 9.17) is 9.26 Å². The molecule has 1 amide bonds. The quantitative estimate of drug-likeness (QED) is 0.726. The molecule has 2 aromatic rings. The van der Waals surface area contributed by atoms with Gasteiger partial charge in [0.15, 0.2) is 5.69 Å². The summed E-state index contributed by atoms with van der Waals surface area (Å²) in [6, 6.07) is 7.24. The molecular formula is C23H28N2O4. The van der Waals surface area contributed by atoms with E-state index in [1.807, 2.05) is 24.3 Å². The number of carbonyl (C=O) groups excluding carboxylic acids is 2. The molecule has 4 rings (SSSR count). The molecule has 2 atom stereocenters. The lowest BCUT2D eigenvalue weighted by molar-refractivity contribution is -0.146. The molecule has 2 aliphatic rings. The Labute approximate surface area is 171 Å². The van der Waals surface area contributed by atoms with Gasteiger partial charge < -0.3 is 14.2 Å². The highest BCUT2D eigenvalue weighted by atomic mass is 16.5. The first-order valence-corrected chi connectivity index (χ1v) is 10.2. The lowest BCUT2D eigenvalue weighted by atomic mass is 9.71. The van der Waals surface area contributed by atoms with E-state index in [2.05, 4.69) is 25.9 Å². The highest BCUT2D eigenvalue weighted by molar-refractivity contribution is 5.97. The van der Waals surface area contributed by atoms with Gasteiger partial charge in [-0.1, -0.05) is 50.2 Å². The summed E-state index contributed by atoms with van der Waals surface area (Å²) in [7, 11) is 1.36. The number of carbonyl (C=O) groups is 2. The largest absolute Gasteiger partial charge is 0.467 e. The number of benzene rings is 1. The van der Waals surface area contributed by atoms with Gasteiger partial charge in [0.2, 0.25) is 0 Å². The minimum absolute atomic E-state index is 0.147. The van der Waals surface area contributed by atoms with Crippen LogP contribution < -0.4 is 0 Å². The SMILES string of the molecule is COC(=O)C1Cc2ccccc2CN1C(=O)c1noc2c1CC(C(C)(C)C)CC2. The van der Waals surface area contributed by atoms with Crippen molar-refractivity contribution in [2.45, 2.75) is 59.0 Å². The number of esters is 1. The number of hydrogen-bond acceptors (Lipinski definition) is 5. The zero-order chi connectivity index (χ0) is 20.8. The zero-order valence-corrected chi connectivity index (χ0v) is 17.5. The topological polar surface area (TPSA) is 72.6 Å². The van der Waals surface area contributed by atoms with E-state index in [9.17, 15) is 9.59 Å². The Kier molecular flexibility index (Phi) is 4.97. The molecule has 29 heavy (non-hydrogen) atoms. The van der Waals surface area contributed by atoms with Gasteiger partial charge in [0.25, 0.3) is 5.91 Å². The van der Waals surface area contributed by atoms with Crippen molar-refractivity contribution in [3.8, 4) is 0 Å². The summed E-state index contributed by atoms with van der Waals surface area (Å²) in [6.45, 7) is 7.05. The van der Waals surface area contributed by atoms with E-state index in [0.29, 0.717) is 24.6 Å². The summed E-state index contributed by atoms with van der Waals surface area (Å²) < 4.78 is 10.5. The molecule has 1 aliphatic heterocycles. The summed E-state index contributed by atoms with van der Waals surface area (Å²) >= 11 is 0. The third-order valence-electron chi connectivity index (χ3n) is 6.45. The van der Waals surface area contributed by atoms with E-state index in [0.717, 1.165) is 41.7 Å². The van der Waals surface area contributed by atoms with Gasteiger partial charge in [-0.15, -0.1) is 0 Å². The minimum atomic E-state index is -0.656. The van der Waals surface area contributed by atoms with Crippen LogP contribution in [-0.4, -0.2) is 35.1 Å². The van der Waals surface area contributed by atoms with Crippen molar-refractivity contribution < 1.29 is 18.8 Å². The fourth-order valence-corrected chi connectivity index (χ4v) is 4.53. The van der Waals surface area contributed by atoms with Gasteiger partial charge in [0, 0.05) is 24.9 Å². The molecule has 0 saturated heterocycles. The minimum Gasteiger partial charge on any atom is -0.467 e. The van der Waals surface area contributed by atoms with Gasteiger partial charge in [0.05, 0.1) is 7.11 Å². The monoisotopic (exact) mass is 396 g/mol. The summed E-state index contributed by atoms with van der Waals surface area (Å²) in [5.41, 5.74) is 3.52. The molecule has 0 bridgehead atoms. The first-order chi connectivity index (χ1) is 13.8. The third-order valence-corrected chi connectivity index (χ3v) is 6.45. The average molecular weight is 396 g/mol. The van der Waals surface area contributed by atoms with Crippen molar-refractivity contribution in [2.75, 3.05) is 7.11 Å². The Bertz CT molecular complexity index is 941.